The topological polar surface area (TPSA) is 92.8 Å². The molecule has 0 aromatic heterocycles. The standard InChI is InChI=1S/C15H20N2O5S/c1-10(18)16-13-8-11(4-5-14(13)22-3)15(19)17(2)12-6-7-23(20,21)9-12/h4-5,8,12H,6-7,9H2,1-3H3,(H,16,18). The molecule has 23 heavy (non-hydrogen) atoms. The van der Waals surface area contributed by atoms with Gasteiger partial charge in [-0.2, -0.15) is 0 Å². The van der Waals surface area contributed by atoms with Gasteiger partial charge in [0.15, 0.2) is 9.84 Å². The molecule has 1 aliphatic heterocycles. The lowest BCUT2D eigenvalue weighted by Gasteiger charge is -2.24. The molecule has 0 saturated carbocycles. The largest absolute Gasteiger partial charge is 0.495 e. The SMILES string of the molecule is COc1ccc(C(=O)N(C)C2CCS(=O)(=O)C2)cc1NC(C)=O. The van der Waals surface area contributed by atoms with E-state index < -0.39 is 9.84 Å². The number of amides is 2. The van der Waals surface area contributed by atoms with Crippen LogP contribution < -0.4 is 10.1 Å². The molecule has 1 atom stereocenters. The fourth-order valence-electron chi connectivity index (χ4n) is 2.58. The molecule has 0 aliphatic carbocycles. The monoisotopic (exact) mass is 340 g/mol. The third kappa shape index (κ3) is 4.01. The van der Waals surface area contributed by atoms with Crippen LogP contribution in [0.15, 0.2) is 18.2 Å². The second-order valence-electron chi connectivity index (χ2n) is 5.57. The molecule has 0 spiro atoms. The quantitative estimate of drug-likeness (QED) is 0.879. The van der Waals surface area contributed by atoms with Crippen LogP contribution in [0.4, 0.5) is 5.69 Å². The second-order valence-corrected chi connectivity index (χ2v) is 7.80. The van der Waals surface area contributed by atoms with Gasteiger partial charge < -0.3 is 15.0 Å². The van der Waals surface area contributed by atoms with Gasteiger partial charge in [0.25, 0.3) is 5.91 Å². The van der Waals surface area contributed by atoms with Crippen LogP contribution in [0.2, 0.25) is 0 Å². The van der Waals surface area contributed by atoms with Crippen LogP contribution in [0.25, 0.3) is 0 Å². The number of hydrogen-bond donors (Lipinski definition) is 1. The average molecular weight is 340 g/mol. The summed E-state index contributed by atoms with van der Waals surface area (Å²) in [6.45, 7) is 1.36. The number of methoxy groups -OCH3 is 1. The van der Waals surface area contributed by atoms with Crippen LogP contribution in [0, 0.1) is 0 Å². The van der Waals surface area contributed by atoms with Crippen molar-refractivity contribution in [2.45, 2.75) is 19.4 Å². The zero-order valence-corrected chi connectivity index (χ0v) is 14.1. The van der Waals surface area contributed by atoms with Gasteiger partial charge in [-0.1, -0.05) is 0 Å². The van der Waals surface area contributed by atoms with Gasteiger partial charge in [0.05, 0.1) is 24.3 Å². The normalized spacial score (nSPS) is 19.2. The summed E-state index contributed by atoms with van der Waals surface area (Å²) in [5.74, 6) is -0.0220. The Morgan fingerprint density at radius 1 is 1.35 bits per heavy atom. The van der Waals surface area contributed by atoms with Crippen molar-refractivity contribution in [2.24, 2.45) is 0 Å². The van der Waals surface area contributed by atoms with Crippen LogP contribution in [-0.4, -0.2) is 56.8 Å². The van der Waals surface area contributed by atoms with Crippen molar-refractivity contribution in [2.75, 3.05) is 31.0 Å². The molecule has 1 saturated heterocycles. The first kappa shape index (κ1) is 17.3. The highest BCUT2D eigenvalue weighted by atomic mass is 32.2. The van der Waals surface area contributed by atoms with E-state index >= 15 is 0 Å². The maximum Gasteiger partial charge on any atom is 0.253 e. The molecule has 1 fully saturated rings. The summed E-state index contributed by atoms with van der Waals surface area (Å²) in [6.07, 6.45) is 0.444. The number of hydrogen-bond acceptors (Lipinski definition) is 5. The first-order valence-corrected chi connectivity index (χ1v) is 8.99. The van der Waals surface area contributed by atoms with E-state index in [1.807, 2.05) is 0 Å². The number of carbonyl (C=O) groups is 2. The van der Waals surface area contributed by atoms with E-state index in [1.54, 1.807) is 19.2 Å². The molecule has 1 N–H and O–H groups in total. The van der Waals surface area contributed by atoms with Gasteiger partial charge in [0.2, 0.25) is 5.91 Å². The Kier molecular flexibility index (Phi) is 4.93. The Morgan fingerprint density at radius 3 is 2.57 bits per heavy atom. The Morgan fingerprint density at radius 2 is 2.04 bits per heavy atom. The molecule has 1 aromatic carbocycles. The Labute approximate surface area is 135 Å². The lowest BCUT2D eigenvalue weighted by Crippen LogP contribution is -2.37. The lowest BCUT2D eigenvalue weighted by molar-refractivity contribution is -0.114. The highest BCUT2D eigenvalue weighted by Crippen LogP contribution is 2.27. The third-order valence-corrected chi connectivity index (χ3v) is 5.58. The van der Waals surface area contributed by atoms with E-state index in [1.165, 1.54) is 25.0 Å². The van der Waals surface area contributed by atoms with E-state index in [4.69, 9.17) is 4.74 Å². The molecule has 1 unspecified atom stereocenters. The number of anilines is 1. The van der Waals surface area contributed by atoms with Crippen LogP contribution in [0.3, 0.4) is 0 Å². The second kappa shape index (κ2) is 6.57. The van der Waals surface area contributed by atoms with Gasteiger partial charge in [-0.05, 0) is 24.6 Å². The fourth-order valence-corrected chi connectivity index (χ4v) is 4.35. The fraction of sp³-hybridized carbons (Fsp3) is 0.467. The summed E-state index contributed by atoms with van der Waals surface area (Å²) in [5, 5.41) is 2.61. The van der Waals surface area contributed by atoms with Gasteiger partial charge in [0.1, 0.15) is 5.75 Å². The number of nitrogens with zero attached hydrogens (tertiary/aromatic N) is 1. The zero-order chi connectivity index (χ0) is 17.2. The third-order valence-electron chi connectivity index (χ3n) is 3.83. The van der Waals surface area contributed by atoms with E-state index in [2.05, 4.69) is 5.32 Å². The average Bonchev–Trinajstić information content (AvgIpc) is 2.85. The van der Waals surface area contributed by atoms with Crippen LogP contribution in [0.5, 0.6) is 5.75 Å². The van der Waals surface area contributed by atoms with E-state index in [0.29, 0.717) is 23.4 Å². The Bertz CT molecular complexity index is 729. The molecule has 8 heteroatoms. The van der Waals surface area contributed by atoms with Gasteiger partial charge in [0, 0.05) is 25.6 Å². The number of rotatable bonds is 4. The number of ether oxygens (including phenoxy) is 1. The number of carbonyl (C=O) groups excluding carboxylic acids is 2. The minimum atomic E-state index is -3.06. The summed E-state index contributed by atoms with van der Waals surface area (Å²) in [7, 11) is 0.00148. The smallest absolute Gasteiger partial charge is 0.253 e. The van der Waals surface area contributed by atoms with E-state index in [-0.39, 0.29) is 29.4 Å². The maximum absolute atomic E-state index is 12.6. The number of sulfone groups is 1. The number of benzene rings is 1. The van der Waals surface area contributed by atoms with Crippen molar-refractivity contribution in [1.29, 1.82) is 0 Å². The maximum atomic E-state index is 12.6. The number of nitrogens with one attached hydrogen (secondary N) is 1. The Hall–Kier alpha value is -2.09. The molecule has 1 aromatic rings. The highest BCUT2D eigenvalue weighted by molar-refractivity contribution is 7.91. The summed E-state index contributed by atoms with van der Waals surface area (Å²) < 4.78 is 28.3. The first-order valence-electron chi connectivity index (χ1n) is 7.16. The summed E-state index contributed by atoms with van der Waals surface area (Å²) in [6, 6.07) is 4.39. The van der Waals surface area contributed by atoms with Crippen LogP contribution >= 0.6 is 0 Å². The first-order chi connectivity index (χ1) is 10.7. The van der Waals surface area contributed by atoms with Gasteiger partial charge in [-0.15, -0.1) is 0 Å². The van der Waals surface area contributed by atoms with Crippen LogP contribution in [0.1, 0.15) is 23.7 Å². The predicted octanol–water partition coefficient (Wildman–Crippen LogP) is 0.913. The molecule has 2 rings (SSSR count). The molecule has 1 heterocycles. The lowest BCUT2D eigenvalue weighted by atomic mass is 10.1. The molecule has 2 amide bonds. The summed E-state index contributed by atoms with van der Waals surface area (Å²) >= 11 is 0. The molecule has 0 bridgehead atoms. The minimum Gasteiger partial charge on any atom is -0.495 e. The highest BCUT2D eigenvalue weighted by Gasteiger charge is 2.33. The van der Waals surface area contributed by atoms with Crippen molar-refractivity contribution in [3.05, 3.63) is 23.8 Å². The molecular weight excluding hydrogens is 320 g/mol. The Balaban J connectivity index is 2.23. The molecule has 7 nitrogen and oxygen atoms in total. The van der Waals surface area contributed by atoms with Crippen molar-refractivity contribution in [3.63, 3.8) is 0 Å². The molecular formula is C15H20N2O5S. The molecule has 1 aliphatic rings. The van der Waals surface area contributed by atoms with Gasteiger partial charge >= 0.3 is 0 Å². The van der Waals surface area contributed by atoms with E-state index in [0.717, 1.165) is 0 Å². The predicted molar refractivity (Wildman–Crippen MR) is 86.5 cm³/mol. The van der Waals surface area contributed by atoms with Crippen molar-refractivity contribution in [1.82, 2.24) is 4.90 Å². The molecule has 0 radical (unpaired) electrons. The molecule has 126 valence electrons. The van der Waals surface area contributed by atoms with Crippen molar-refractivity contribution < 1.29 is 22.7 Å². The summed E-state index contributed by atoms with van der Waals surface area (Å²) in [5.41, 5.74) is 0.764. The minimum absolute atomic E-state index is 0.00997. The van der Waals surface area contributed by atoms with E-state index in [9.17, 15) is 18.0 Å². The van der Waals surface area contributed by atoms with Crippen LogP contribution in [-0.2, 0) is 14.6 Å². The van der Waals surface area contributed by atoms with Gasteiger partial charge in [-0.25, -0.2) is 8.42 Å². The van der Waals surface area contributed by atoms with Crippen molar-refractivity contribution >= 4 is 27.3 Å². The van der Waals surface area contributed by atoms with Crippen molar-refractivity contribution in [3.8, 4) is 5.75 Å². The summed E-state index contributed by atoms with van der Waals surface area (Å²) in [4.78, 5) is 25.3. The van der Waals surface area contributed by atoms with Gasteiger partial charge in [-0.3, -0.25) is 9.59 Å². The zero-order valence-electron chi connectivity index (χ0n) is 13.3.